The molecule has 0 radical (unpaired) electrons. The van der Waals surface area contributed by atoms with Crippen LogP contribution in [0.3, 0.4) is 0 Å². The maximum Gasteiger partial charge on any atom is 0.210 e. The van der Waals surface area contributed by atoms with Gasteiger partial charge in [0.15, 0.2) is 0 Å². The highest BCUT2D eigenvalue weighted by atomic mass is 16.3. The molecule has 4 nitrogen and oxygen atoms in total. The summed E-state index contributed by atoms with van der Waals surface area (Å²) in [6.45, 7) is 1.51. The van der Waals surface area contributed by atoms with Crippen LogP contribution in [0, 0.1) is 0 Å². The van der Waals surface area contributed by atoms with Crippen molar-refractivity contribution in [1.82, 2.24) is 9.47 Å². The number of rotatable bonds is 2. The van der Waals surface area contributed by atoms with Gasteiger partial charge in [0.25, 0.3) is 0 Å². The van der Waals surface area contributed by atoms with E-state index in [-0.39, 0.29) is 5.78 Å². The maximum absolute atomic E-state index is 12.7. The van der Waals surface area contributed by atoms with Crippen molar-refractivity contribution in [2.24, 2.45) is 7.05 Å². The molecule has 0 atom stereocenters. The predicted octanol–water partition coefficient (Wildman–Crippen LogP) is 1.82. The Hall–Kier alpha value is -1.65. The second-order valence-electron chi connectivity index (χ2n) is 5.81. The van der Waals surface area contributed by atoms with Gasteiger partial charge in [0, 0.05) is 31.0 Å². The van der Waals surface area contributed by atoms with Crippen molar-refractivity contribution in [3.05, 3.63) is 36.0 Å². The van der Waals surface area contributed by atoms with Crippen LogP contribution in [-0.2, 0) is 7.05 Å². The minimum Gasteiger partial charge on any atom is -0.382 e. The SMILES string of the molecule is CN1CCC(O)(C(=O)c2cc3ccccc3n2C)CC1. The Morgan fingerprint density at radius 1 is 1.20 bits per heavy atom. The van der Waals surface area contributed by atoms with Crippen LogP contribution in [0.4, 0.5) is 0 Å². The molecule has 1 N–H and O–H groups in total. The largest absolute Gasteiger partial charge is 0.382 e. The summed E-state index contributed by atoms with van der Waals surface area (Å²) in [4.78, 5) is 14.9. The topological polar surface area (TPSA) is 45.5 Å². The quantitative estimate of drug-likeness (QED) is 0.848. The lowest BCUT2D eigenvalue weighted by Crippen LogP contribution is -2.48. The fourth-order valence-electron chi connectivity index (χ4n) is 2.96. The number of aliphatic hydroxyl groups is 1. The molecule has 0 aliphatic carbocycles. The van der Waals surface area contributed by atoms with E-state index in [9.17, 15) is 9.90 Å². The Morgan fingerprint density at radius 2 is 1.85 bits per heavy atom. The number of aryl methyl sites for hydroxylation is 1. The summed E-state index contributed by atoms with van der Waals surface area (Å²) in [5.74, 6) is -0.149. The third-order valence-electron chi connectivity index (χ3n) is 4.42. The van der Waals surface area contributed by atoms with Gasteiger partial charge in [0.2, 0.25) is 5.78 Å². The molecule has 20 heavy (non-hydrogen) atoms. The Kier molecular flexibility index (Phi) is 3.15. The summed E-state index contributed by atoms with van der Waals surface area (Å²) in [5, 5.41) is 11.7. The van der Waals surface area contributed by atoms with E-state index in [1.165, 1.54) is 0 Å². The van der Waals surface area contributed by atoms with E-state index in [4.69, 9.17) is 0 Å². The number of nitrogens with zero attached hydrogens (tertiary/aromatic N) is 2. The molecule has 1 saturated heterocycles. The van der Waals surface area contributed by atoms with Gasteiger partial charge in [-0.25, -0.2) is 0 Å². The molecule has 2 heterocycles. The van der Waals surface area contributed by atoms with Crippen LogP contribution in [0.25, 0.3) is 10.9 Å². The molecule has 0 bridgehead atoms. The second kappa shape index (κ2) is 4.72. The normalized spacial score (nSPS) is 19.4. The molecular formula is C16H20N2O2. The van der Waals surface area contributed by atoms with E-state index < -0.39 is 5.60 Å². The first-order chi connectivity index (χ1) is 9.51. The minimum atomic E-state index is -1.21. The smallest absolute Gasteiger partial charge is 0.210 e. The lowest BCUT2D eigenvalue weighted by Gasteiger charge is -2.35. The molecule has 2 aromatic rings. The van der Waals surface area contributed by atoms with E-state index in [2.05, 4.69) is 4.90 Å². The lowest BCUT2D eigenvalue weighted by atomic mass is 9.86. The monoisotopic (exact) mass is 272 g/mol. The minimum absolute atomic E-state index is 0.149. The van der Waals surface area contributed by atoms with Crippen LogP contribution in [0.1, 0.15) is 23.3 Å². The first-order valence-electron chi connectivity index (χ1n) is 7.01. The van der Waals surface area contributed by atoms with E-state index >= 15 is 0 Å². The van der Waals surface area contributed by atoms with E-state index in [1.807, 2.05) is 49.0 Å². The van der Waals surface area contributed by atoms with Crippen molar-refractivity contribution >= 4 is 16.7 Å². The third-order valence-corrected chi connectivity index (χ3v) is 4.42. The second-order valence-corrected chi connectivity index (χ2v) is 5.81. The summed E-state index contributed by atoms with van der Waals surface area (Å²) in [6, 6.07) is 9.78. The zero-order chi connectivity index (χ0) is 14.3. The number of aromatic nitrogens is 1. The average molecular weight is 272 g/mol. The van der Waals surface area contributed by atoms with Crippen molar-refractivity contribution in [2.45, 2.75) is 18.4 Å². The molecule has 1 aliphatic heterocycles. The van der Waals surface area contributed by atoms with Gasteiger partial charge in [-0.2, -0.15) is 0 Å². The predicted molar refractivity (Wildman–Crippen MR) is 78.9 cm³/mol. The molecule has 106 valence electrons. The van der Waals surface area contributed by atoms with Gasteiger partial charge in [0.05, 0.1) is 5.69 Å². The van der Waals surface area contributed by atoms with E-state index in [1.54, 1.807) is 0 Å². The molecule has 1 aromatic carbocycles. The van der Waals surface area contributed by atoms with Gasteiger partial charge in [-0.3, -0.25) is 4.79 Å². The highest BCUT2D eigenvalue weighted by Gasteiger charge is 2.40. The molecule has 4 heteroatoms. The Morgan fingerprint density at radius 3 is 2.50 bits per heavy atom. The first-order valence-corrected chi connectivity index (χ1v) is 7.01. The number of fused-ring (bicyclic) bond motifs is 1. The molecule has 0 spiro atoms. The van der Waals surface area contributed by atoms with Gasteiger partial charge in [0.1, 0.15) is 5.60 Å². The molecule has 3 rings (SSSR count). The standard InChI is InChI=1S/C16H20N2O2/c1-17-9-7-16(20,8-10-17)15(19)14-11-12-5-3-4-6-13(12)18(14)2/h3-6,11,20H,7-10H2,1-2H3. The number of ketones is 1. The molecule has 0 amide bonds. The summed E-state index contributed by atoms with van der Waals surface area (Å²) in [6.07, 6.45) is 1.01. The lowest BCUT2D eigenvalue weighted by molar-refractivity contribution is -0.00258. The summed E-state index contributed by atoms with van der Waals surface area (Å²) in [7, 11) is 3.90. The highest BCUT2D eigenvalue weighted by Crippen LogP contribution is 2.28. The molecule has 1 aromatic heterocycles. The van der Waals surface area contributed by atoms with Crippen LogP contribution < -0.4 is 0 Å². The Balaban J connectivity index is 1.98. The third kappa shape index (κ3) is 2.05. The number of benzene rings is 1. The highest BCUT2D eigenvalue weighted by molar-refractivity contribution is 6.04. The van der Waals surface area contributed by atoms with Gasteiger partial charge in [-0.1, -0.05) is 18.2 Å². The van der Waals surface area contributed by atoms with Crippen molar-refractivity contribution in [3.8, 4) is 0 Å². The number of hydrogen-bond donors (Lipinski definition) is 1. The molecule has 1 aliphatic rings. The maximum atomic E-state index is 12.7. The number of piperidine rings is 1. The summed E-state index contributed by atoms with van der Waals surface area (Å²) in [5.41, 5.74) is 0.403. The van der Waals surface area contributed by atoms with Crippen molar-refractivity contribution in [3.63, 3.8) is 0 Å². The fourth-order valence-corrected chi connectivity index (χ4v) is 2.96. The van der Waals surface area contributed by atoms with Gasteiger partial charge >= 0.3 is 0 Å². The zero-order valence-electron chi connectivity index (χ0n) is 12.0. The Labute approximate surface area is 118 Å². The van der Waals surface area contributed by atoms with Crippen LogP contribution in [0.15, 0.2) is 30.3 Å². The Bertz CT molecular complexity index is 652. The fraction of sp³-hybridized carbons (Fsp3) is 0.438. The molecule has 1 fully saturated rings. The number of likely N-dealkylation sites (tertiary alicyclic amines) is 1. The number of para-hydroxylation sites is 1. The van der Waals surface area contributed by atoms with Crippen LogP contribution in [0.5, 0.6) is 0 Å². The van der Waals surface area contributed by atoms with Crippen LogP contribution in [-0.4, -0.2) is 46.1 Å². The van der Waals surface area contributed by atoms with E-state index in [0.29, 0.717) is 18.5 Å². The molecule has 0 saturated carbocycles. The van der Waals surface area contributed by atoms with Gasteiger partial charge < -0.3 is 14.6 Å². The summed E-state index contributed by atoms with van der Waals surface area (Å²) < 4.78 is 1.88. The molecular weight excluding hydrogens is 252 g/mol. The zero-order valence-corrected chi connectivity index (χ0v) is 12.0. The number of carbonyl (C=O) groups is 1. The van der Waals surface area contributed by atoms with Crippen molar-refractivity contribution < 1.29 is 9.90 Å². The van der Waals surface area contributed by atoms with Gasteiger partial charge in [-0.15, -0.1) is 0 Å². The number of carbonyl (C=O) groups excluding carboxylic acids is 1. The number of hydrogen-bond acceptors (Lipinski definition) is 3. The van der Waals surface area contributed by atoms with Crippen molar-refractivity contribution in [2.75, 3.05) is 20.1 Å². The van der Waals surface area contributed by atoms with Crippen molar-refractivity contribution in [1.29, 1.82) is 0 Å². The number of Topliss-reactive ketones (excluding diaryl/α,β-unsaturated/α-hetero) is 1. The van der Waals surface area contributed by atoms with Gasteiger partial charge in [-0.05, 0) is 32.0 Å². The average Bonchev–Trinajstić information content (AvgIpc) is 2.79. The summed E-state index contributed by atoms with van der Waals surface area (Å²) >= 11 is 0. The first kappa shape index (κ1) is 13.3. The van der Waals surface area contributed by atoms with Crippen LogP contribution >= 0.6 is 0 Å². The van der Waals surface area contributed by atoms with Crippen LogP contribution in [0.2, 0.25) is 0 Å². The molecule has 0 unspecified atom stereocenters. The van der Waals surface area contributed by atoms with E-state index in [0.717, 1.165) is 24.0 Å².